The number of aliphatic carboxylic acids is 1. The van der Waals surface area contributed by atoms with Crippen molar-refractivity contribution in [2.75, 3.05) is 19.1 Å². The van der Waals surface area contributed by atoms with Crippen molar-refractivity contribution in [1.82, 2.24) is 0 Å². The average molecular weight is 265 g/mol. The fourth-order valence-electron chi connectivity index (χ4n) is 1.73. The molecule has 0 heterocycles. The van der Waals surface area contributed by atoms with Crippen molar-refractivity contribution >= 4 is 17.6 Å². The fourth-order valence-corrected chi connectivity index (χ4v) is 1.73. The van der Waals surface area contributed by atoms with Crippen LogP contribution in [0, 0.1) is 5.92 Å². The number of rotatable bonds is 5. The summed E-state index contributed by atoms with van der Waals surface area (Å²) >= 11 is 0. The van der Waals surface area contributed by atoms with Crippen molar-refractivity contribution in [3.8, 4) is 5.75 Å². The van der Waals surface area contributed by atoms with E-state index in [2.05, 4.69) is 0 Å². The standard InChI is InChI=1S/C14H19NO4/c1-5-10-6-7-12(19-4)11(8-10)15(3)13(16)9(2)14(17)18/h6-9H,5H2,1-4H3,(H,17,18). The third-order valence-corrected chi connectivity index (χ3v) is 3.08. The van der Waals surface area contributed by atoms with Crippen LogP contribution in [0.4, 0.5) is 5.69 Å². The summed E-state index contributed by atoms with van der Waals surface area (Å²) in [5.74, 6) is -2.15. The monoisotopic (exact) mass is 265 g/mol. The van der Waals surface area contributed by atoms with Gasteiger partial charge in [-0.05, 0) is 31.0 Å². The van der Waals surface area contributed by atoms with Gasteiger partial charge in [-0.1, -0.05) is 13.0 Å². The molecule has 1 N–H and O–H groups in total. The van der Waals surface area contributed by atoms with Gasteiger partial charge in [0, 0.05) is 7.05 Å². The Kier molecular flexibility index (Phi) is 4.92. The number of nitrogens with zero attached hydrogens (tertiary/aromatic N) is 1. The third-order valence-electron chi connectivity index (χ3n) is 3.08. The Morgan fingerprint density at radius 2 is 2.05 bits per heavy atom. The van der Waals surface area contributed by atoms with Crippen LogP contribution in [-0.4, -0.2) is 31.1 Å². The van der Waals surface area contributed by atoms with E-state index in [9.17, 15) is 9.59 Å². The van der Waals surface area contributed by atoms with Crippen molar-refractivity contribution in [2.45, 2.75) is 20.3 Å². The highest BCUT2D eigenvalue weighted by Crippen LogP contribution is 2.29. The number of carboxylic acids is 1. The topological polar surface area (TPSA) is 66.8 Å². The lowest BCUT2D eigenvalue weighted by Gasteiger charge is -2.22. The Hall–Kier alpha value is -2.04. The van der Waals surface area contributed by atoms with Crippen molar-refractivity contribution in [3.63, 3.8) is 0 Å². The fraction of sp³-hybridized carbons (Fsp3) is 0.429. The Morgan fingerprint density at radius 3 is 2.53 bits per heavy atom. The molecule has 5 nitrogen and oxygen atoms in total. The van der Waals surface area contributed by atoms with E-state index >= 15 is 0 Å². The predicted octanol–water partition coefficient (Wildman–Crippen LogP) is 1.94. The molecule has 0 fully saturated rings. The second kappa shape index (κ2) is 6.22. The molecule has 1 atom stereocenters. The molecule has 0 aromatic heterocycles. The normalized spacial score (nSPS) is 11.8. The zero-order valence-corrected chi connectivity index (χ0v) is 11.6. The first kappa shape index (κ1) is 15.0. The second-order valence-corrected chi connectivity index (χ2v) is 4.32. The van der Waals surface area contributed by atoms with E-state index in [-0.39, 0.29) is 0 Å². The highest BCUT2D eigenvalue weighted by atomic mass is 16.5. The second-order valence-electron chi connectivity index (χ2n) is 4.32. The van der Waals surface area contributed by atoms with Crippen molar-refractivity contribution in [1.29, 1.82) is 0 Å². The van der Waals surface area contributed by atoms with Gasteiger partial charge in [-0.3, -0.25) is 9.59 Å². The largest absolute Gasteiger partial charge is 0.495 e. The van der Waals surface area contributed by atoms with Crippen LogP contribution in [0.3, 0.4) is 0 Å². The average Bonchev–Trinajstić information content (AvgIpc) is 2.43. The number of benzene rings is 1. The van der Waals surface area contributed by atoms with E-state index in [1.54, 1.807) is 13.1 Å². The Labute approximate surface area is 112 Å². The van der Waals surface area contributed by atoms with Crippen molar-refractivity contribution < 1.29 is 19.4 Å². The minimum atomic E-state index is -1.14. The molecule has 1 aromatic rings. The summed E-state index contributed by atoms with van der Waals surface area (Å²) in [6.45, 7) is 3.38. The summed E-state index contributed by atoms with van der Waals surface area (Å²) in [5, 5.41) is 8.90. The summed E-state index contributed by atoms with van der Waals surface area (Å²) in [5.41, 5.74) is 1.64. The molecular formula is C14H19NO4. The van der Waals surface area contributed by atoms with Gasteiger partial charge in [0.05, 0.1) is 12.8 Å². The number of ether oxygens (including phenoxy) is 1. The number of carbonyl (C=O) groups excluding carboxylic acids is 1. The first-order chi connectivity index (χ1) is 8.92. The molecule has 1 amide bonds. The molecule has 0 saturated heterocycles. The SMILES string of the molecule is CCc1ccc(OC)c(N(C)C(=O)C(C)C(=O)O)c1. The predicted molar refractivity (Wildman–Crippen MR) is 72.6 cm³/mol. The Bertz CT molecular complexity index is 484. The van der Waals surface area contributed by atoms with Crippen LogP contribution in [0.15, 0.2) is 18.2 Å². The first-order valence-electron chi connectivity index (χ1n) is 6.09. The van der Waals surface area contributed by atoms with Gasteiger partial charge in [0.15, 0.2) is 0 Å². The first-order valence-corrected chi connectivity index (χ1v) is 6.09. The lowest BCUT2D eigenvalue weighted by atomic mass is 10.1. The zero-order chi connectivity index (χ0) is 14.6. The van der Waals surface area contributed by atoms with E-state index in [1.807, 2.05) is 19.1 Å². The van der Waals surface area contributed by atoms with Gasteiger partial charge < -0.3 is 14.7 Å². The number of methoxy groups -OCH3 is 1. The molecule has 0 saturated carbocycles. The number of amides is 1. The van der Waals surface area contributed by atoms with Gasteiger partial charge in [-0.25, -0.2) is 0 Å². The molecule has 0 bridgehead atoms. The minimum absolute atomic E-state index is 0.473. The van der Waals surface area contributed by atoms with E-state index in [0.29, 0.717) is 11.4 Å². The van der Waals surface area contributed by atoms with Gasteiger partial charge in [0.1, 0.15) is 11.7 Å². The number of hydrogen-bond acceptors (Lipinski definition) is 3. The van der Waals surface area contributed by atoms with Crippen LogP contribution in [0.2, 0.25) is 0 Å². The zero-order valence-electron chi connectivity index (χ0n) is 11.6. The summed E-state index contributed by atoms with van der Waals surface area (Å²) < 4.78 is 5.22. The maximum absolute atomic E-state index is 12.0. The quantitative estimate of drug-likeness (QED) is 0.826. The van der Waals surface area contributed by atoms with Crippen LogP contribution < -0.4 is 9.64 Å². The van der Waals surface area contributed by atoms with E-state index < -0.39 is 17.8 Å². The van der Waals surface area contributed by atoms with Crippen LogP contribution in [0.1, 0.15) is 19.4 Å². The van der Waals surface area contributed by atoms with Crippen molar-refractivity contribution in [3.05, 3.63) is 23.8 Å². The summed E-state index contributed by atoms with van der Waals surface area (Å²) in [6.07, 6.45) is 0.827. The maximum atomic E-state index is 12.0. The lowest BCUT2D eigenvalue weighted by molar-refractivity contribution is -0.145. The lowest BCUT2D eigenvalue weighted by Crippen LogP contribution is -2.35. The number of anilines is 1. The number of aryl methyl sites for hydroxylation is 1. The Balaban J connectivity index is 3.13. The summed E-state index contributed by atoms with van der Waals surface area (Å²) in [7, 11) is 3.07. The molecule has 104 valence electrons. The van der Waals surface area contributed by atoms with E-state index in [1.165, 1.54) is 18.9 Å². The molecule has 0 aliphatic carbocycles. The maximum Gasteiger partial charge on any atom is 0.315 e. The number of hydrogen-bond donors (Lipinski definition) is 1. The molecule has 0 aliphatic rings. The number of carbonyl (C=O) groups is 2. The molecule has 0 spiro atoms. The highest BCUT2D eigenvalue weighted by molar-refractivity contribution is 6.05. The molecule has 0 aliphatic heterocycles. The third kappa shape index (κ3) is 3.24. The molecule has 1 rings (SSSR count). The smallest absolute Gasteiger partial charge is 0.315 e. The van der Waals surface area contributed by atoms with E-state index in [0.717, 1.165) is 12.0 Å². The number of carboxylic acid groups (broad SMARTS) is 1. The Morgan fingerprint density at radius 1 is 1.42 bits per heavy atom. The van der Waals surface area contributed by atoms with Gasteiger partial charge in [-0.2, -0.15) is 0 Å². The minimum Gasteiger partial charge on any atom is -0.495 e. The molecule has 0 radical (unpaired) electrons. The summed E-state index contributed by atoms with van der Waals surface area (Å²) in [6, 6.07) is 5.54. The van der Waals surface area contributed by atoms with Gasteiger partial charge in [0.2, 0.25) is 5.91 Å². The highest BCUT2D eigenvalue weighted by Gasteiger charge is 2.26. The van der Waals surface area contributed by atoms with Crippen LogP contribution >= 0.6 is 0 Å². The molecule has 1 aromatic carbocycles. The van der Waals surface area contributed by atoms with Gasteiger partial charge in [-0.15, -0.1) is 0 Å². The molecular weight excluding hydrogens is 246 g/mol. The van der Waals surface area contributed by atoms with Crippen LogP contribution in [0.5, 0.6) is 5.75 Å². The molecule has 1 unspecified atom stereocenters. The molecule has 5 heteroatoms. The van der Waals surface area contributed by atoms with Crippen LogP contribution in [-0.2, 0) is 16.0 Å². The molecule has 19 heavy (non-hydrogen) atoms. The van der Waals surface area contributed by atoms with Crippen LogP contribution in [0.25, 0.3) is 0 Å². The summed E-state index contributed by atoms with van der Waals surface area (Å²) in [4.78, 5) is 24.2. The van der Waals surface area contributed by atoms with Crippen molar-refractivity contribution in [2.24, 2.45) is 5.92 Å². The van der Waals surface area contributed by atoms with E-state index in [4.69, 9.17) is 9.84 Å². The van der Waals surface area contributed by atoms with Gasteiger partial charge in [0.25, 0.3) is 0 Å². The van der Waals surface area contributed by atoms with Gasteiger partial charge >= 0.3 is 5.97 Å².